The zero-order valence-corrected chi connectivity index (χ0v) is 17.4. The van der Waals surface area contributed by atoms with Crippen LogP contribution >= 0.6 is 0 Å². The molecule has 0 aliphatic heterocycles. The molecule has 0 unspecified atom stereocenters. The summed E-state index contributed by atoms with van der Waals surface area (Å²) < 4.78 is 5.42. The van der Waals surface area contributed by atoms with Crippen LogP contribution in [0.2, 0.25) is 0 Å². The minimum absolute atomic E-state index is 0.896. The van der Waals surface area contributed by atoms with E-state index >= 15 is 0 Å². The second-order valence-electron chi connectivity index (χ2n) is 6.91. The second-order valence-corrected chi connectivity index (χ2v) is 6.91. The molecule has 150 valence electrons. The molecule has 0 fully saturated rings. The minimum atomic E-state index is 0.896. The molecule has 0 atom stereocenters. The smallest absolute Gasteiger partial charge is 0.155 e. The summed E-state index contributed by atoms with van der Waals surface area (Å²) in [5.74, 6) is 0.967. The SMILES string of the molecule is CCCN(CCC)c1nccnc1-c1ccc2occc2c1.Cc1ccncc1. The molecule has 0 saturated heterocycles. The largest absolute Gasteiger partial charge is 0.464 e. The van der Waals surface area contributed by atoms with Crippen molar-refractivity contribution in [3.05, 3.63) is 73.0 Å². The Hall–Kier alpha value is -3.21. The molecule has 0 aliphatic rings. The fourth-order valence-electron chi connectivity index (χ4n) is 3.17. The van der Waals surface area contributed by atoms with Crippen LogP contribution in [0, 0.1) is 6.92 Å². The van der Waals surface area contributed by atoms with Crippen molar-refractivity contribution in [2.45, 2.75) is 33.6 Å². The molecule has 0 spiro atoms. The van der Waals surface area contributed by atoms with Crippen molar-refractivity contribution >= 4 is 16.8 Å². The van der Waals surface area contributed by atoms with Crippen molar-refractivity contribution in [3.63, 3.8) is 0 Å². The molecule has 3 heterocycles. The van der Waals surface area contributed by atoms with Crippen LogP contribution in [-0.2, 0) is 0 Å². The summed E-state index contributed by atoms with van der Waals surface area (Å²) in [5.41, 5.74) is 4.17. The highest BCUT2D eigenvalue weighted by molar-refractivity contribution is 5.85. The van der Waals surface area contributed by atoms with Crippen LogP contribution in [-0.4, -0.2) is 28.0 Å². The lowest BCUT2D eigenvalue weighted by Gasteiger charge is -2.24. The number of rotatable bonds is 6. The first kappa shape index (κ1) is 20.5. The van der Waals surface area contributed by atoms with E-state index < -0.39 is 0 Å². The Morgan fingerprint density at radius 2 is 1.59 bits per heavy atom. The molecular weight excluding hydrogens is 360 g/mol. The molecule has 4 aromatic rings. The molecule has 5 nitrogen and oxygen atoms in total. The highest BCUT2D eigenvalue weighted by atomic mass is 16.3. The van der Waals surface area contributed by atoms with Crippen molar-refractivity contribution in [2.24, 2.45) is 0 Å². The molecule has 0 saturated carbocycles. The Morgan fingerprint density at radius 3 is 2.24 bits per heavy atom. The zero-order valence-electron chi connectivity index (χ0n) is 17.4. The van der Waals surface area contributed by atoms with Crippen LogP contribution in [0.15, 0.2) is 71.9 Å². The average molecular weight is 389 g/mol. The Morgan fingerprint density at radius 1 is 0.862 bits per heavy atom. The Balaban J connectivity index is 0.000000290. The predicted molar refractivity (Wildman–Crippen MR) is 119 cm³/mol. The molecule has 29 heavy (non-hydrogen) atoms. The van der Waals surface area contributed by atoms with Crippen molar-refractivity contribution in [2.75, 3.05) is 18.0 Å². The zero-order chi connectivity index (χ0) is 20.5. The van der Waals surface area contributed by atoms with Gasteiger partial charge in [-0.2, -0.15) is 0 Å². The number of aryl methyl sites for hydroxylation is 1. The maximum absolute atomic E-state index is 5.42. The lowest BCUT2D eigenvalue weighted by atomic mass is 10.1. The van der Waals surface area contributed by atoms with Gasteiger partial charge in [-0.3, -0.25) is 9.97 Å². The average Bonchev–Trinajstić information content (AvgIpc) is 3.22. The van der Waals surface area contributed by atoms with Crippen molar-refractivity contribution < 1.29 is 4.42 Å². The third-order valence-corrected chi connectivity index (χ3v) is 4.54. The molecule has 1 aromatic carbocycles. The van der Waals surface area contributed by atoms with Crippen LogP contribution < -0.4 is 4.90 Å². The van der Waals surface area contributed by atoms with Gasteiger partial charge in [-0.15, -0.1) is 0 Å². The lowest BCUT2D eigenvalue weighted by Crippen LogP contribution is -2.26. The fraction of sp³-hybridized carbons (Fsp3) is 0.292. The molecule has 0 radical (unpaired) electrons. The first-order valence-electron chi connectivity index (χ1n) is 10.1. The summed E-state index contributed by atoms with van der Waals surface area (Å²) in [6.07, 6.45) is 11.0. The summed E-state index contributed by atoms with van der Waals surface area (Å²) in [6, 6.07) is 12.1. The molecule has 0 N–H and O–H groups in total. The number of pyridine rings is 1. The van der Waals surface area contributed by atoms with Crippen molar-refractivity contribution in [1.29, 1.82) is 0 Å². The summed E-state index contributed by atoms with van der Waals surface area (Å²) >= 11 is 0. The van der Waals surface area contributed by atoms with Gasteiger partial charge in [0.15, 0.2) is 5.82 Å². The van der Waals surface area contributed by atoms with E-state index in [2.05, 4.69) is 45.8 Å². The van der Waals surface area contributed by atoms with Crippen molar-refractivity contribution in [3.8, 4) is 11.3 Å². The quantitative estimate of drug-likeness (QED) is 0.411. The van der Waals surface area contributed by atoms with E-state index in [0.717, 1.165) is 54.0 Å². The molecule has 5 heteroatoms. The molecule has 3 aromatic heterocycles. The minimum Gasteiger partial charge on any atom is -0.464 e. The molecule has 0 bridgehead atoms. The topological polar surface area (TPSA) is 55.1 Å². The Labute approximate surface area is 172 Å². The van der Waals surface area contributed by atoms with E-state index in [1.54, 1.807) is 31.1 Å². The highest BCUT2D eigenvalue weighted by Gasteiger charge is 2.14. The number of anilines is 1. The standard InChI is InChI=1S/C18H21N3O.C6H7N/c1-3-10-21(11-4-2)18-17(19-8-9-20-18)15-5-6-16-14(13-15)7-12-22-16;1-6-2-4-7-5-3-6/h5-9,12-13H,3-4,10-11H2,1-2H3;2-5H,1H3. The van der Waals surface area contributed by atoms with Gasteiger partial charge in [0, 0.05) is 48.8 Å². The number of hydrogen-bond donors (Lipinski definition) is 0. The number of benzene rings is 1. The normalized spacial score (nSPS) is 10.4. The number of fused-ring (bicyclic) bond motifs is 1. The van der Waals surface area contributed by atoms with Gasteiger partial charge < -0.3 is 9.32 Å². The summed E-state index contributed by atoms with van der Waals surface area (Å²) in [6.45, 7) is 8.41. The third-order valence-electron chi connectivity index (χ3n) is 4.54. The molecule has 4 rings (SSSR count). The van der Waals surface area contributed by atoms with Crippen LogP contribution in [0.1, 0.15) is 32.3 Å². The second kappa shape index (κ2) is 10.4. The maximum atomic E-state index is 5.42. The number of nitrogens with zero attached hydrogens (tertiary/aromatic N) is 4. The van der Waals surface area contributed by atoms with Gasteiger partial charge in [0.05, 0.1) is 6.26 Å². The monoisotopic (exact) mass is 388 g/mol. The Bertz CT molecular complexity index is 1010. The lowest BCUT2D eigenvalue weighted by molar-refractivity contribution is 0.616. The molecule has 0 aliphatic carbocycles. The van der Waals surface area contributed by atoms with Gasteiger partial charge in [-0.25, -0.2) is 4.98 Å². The maximum Gasteiger partial charge on any atom is 0.155 e. The Kier molecular flexibility index (Phi) is 7.34. The van der Waals surface area contributed by atoms with Gasteiger partial charge in [0.2, 0.25) is 0 Å². The summed E-state index contributed by atoms with van der Waals surface area (Å²) in [7, 11) is 0. The van der Waals surface area contributed by atoms with E-state index in [-0.39, 0.29) is 0 Å². The van der Waals surface area contributed by atoms with Crippen LogP contribution in [0.4, 0.5) is 5.82 Å². The predicted octanol–water partition coefficient (Wildman–Crippen LogP) is 5.91. The van der Waals surface area contributed by atoms with E-state index in [0.29, 0.717) is 0 Å². The fourth-order valence-corrected chi connectivity index (χ4v) is 3.17. The van der Waals surface area contributed by atoms with Crippen LogP contribution in [0.3, 0.4) is 0 Å². The summed E-state index contributed by atoms with van der Waals surface area (Å²) in [5, 5.41) is 1.09. The van der Waals surface area contributed by atoms with Gasteiger partial charge in [0.25, 0.3) is 0 Å². The van der Waals surface area contributed by atoms with Gasteiger partial charge in [-0.05, 0) is 61.7 Å². The van der Waals surface area contributed by atoms with E-state index in [4.69, 9.17) is 4.42 Å². The van der Waals surface area contributed by atoms with Crippen molar-refractivity contribution in [1.82, 2.24) is 15.0 Å². The number of furan rings is 1. The van der Waals surface area contributed by atoms with E-state index in [9.17, 15) is 0 Å². The third kappa shape index (κ3) is 5.41. The number of aromatic nitrogens is 3. The highest BCUT2D eigenvalue weighted by Crippen LogP contribution is 2.29. The van der Waals surface area contributed by atoms with Crippen LogP contribution in [0.5, 0.6) is 0 Å². The molecular formula is C24H28N4O. The van der Waals surface area contributed by atoms with Gasteiger partial charge in [0.1, 0.15) is 11.3 Å². The number of hydrogen-bond acceptors (Lipinski definition) is 5. The van der Waals surface area contributed by atoms with Gasteiger partial charge >= 0.3 is 0 Å². The van der Waals surface area contributed by atoms with Crippen LogP contribution in [0.25, 0.3) is 22.2 Å². The summed E-state index contributed by atoms with van der Waals surface area (Å²) in [4.78, 5) is 15.4. The first-order valence-corrected chi connectivity index (χ1v) is 10.1. The van der Waals surface area contributed by atoms with E-state index in [1.165, 1.54) is 5.56 Å². The van der Waals surface area contributed by atoms with Gasteiger partial charge in [-0.1, -0.05) is 13.8 Å². The first-order chi connectivity index (χ1) is 14.2. The van der Waals surface area contributed by atoms with E-state index in [1.807, 2.05) is 31.2 Å². The molecule has 0 amide bonds.